The van der Waals surface area contributed by atoms with Gasteiger partial charge in [-0.25, -0.2) is 0 Å². The number of rotatable bonds is 6. The Bertz CT molecular complexity index is 558. The number of nitrogens with one attached hydrogen (secondary N) is 1. The predicted molar refractivity (Wildman–Crippen MR) is 78.7 cm³/mol. The number of carboxylic acids is 1. The minimum absolute atomic E-state index is 0.143. The van der Waals surface area contributed by atoms with Crippen molar-refractivity contribution in [2.45, 2.75) is 26.7 Å². The fourth-order valence-electron chi connectivity index (χ4n) is 2.07. The summed E-state index contributed by atoms with van der Waals surface area (Å²) in [6.45, 7) is 3.75. The van der Waals surface area contributed by atoms with E-state index >= 15 is 0 Å². The Hall–Kier alpha value is -1.75. The van der Waals surface area contributed by atoms with E-state index in [0.717, 1.165) is 11.1 Å². The third-order valence-electron chi connectivity index (χ3n) is 3.71. The number of carbonyl (C=O) groups is 2. The zero-order valence-corrected chi connectivity index (χ0v) is 12.8. The van der Waals surface area contributed by atoms with Crippen LogP contribution in [0.25, 0.3) is 0 Å². The first-order valence-electron chi connectivity index (χ1n) is 6.74. The van der Waals surface area contributed by atoms with Crippen molar-refractivity contribution in [1.82, 2.24) is 5.32 Å². The van der Waals surface area contributed by atoms with Crippen LogP contribution in [-0.4, -0.2) is 30.1 Å². The minimum atomic E-state index is -0.854. The molecule has 0 saturated heterocycles. The molecule has 1 aromatic carbocycles. The van der Waals surface area contributed by atoms with Crippen molar-refractivity contribution in [3.05, 3.63) is 28.3 Å². The van der Waals surface area contributed by atoms with Crippen LogP contribution in [0.3, 0.4) is 0 Å². The van der Waals surface area contributed by atoms with E-state index in [1.54, 1.807) is 12.1 Å². The van der Waals surface area contributed by atoms with E-state index in [9.17, 15) is 9.59 Å². The van der Waals surface area contributed by atoms with Crippen molar-refractivity contribution >= 4 is 23.5 Å². The fraction of sp³-hybridized carbons (Fsp3) is 0.467. The average molecular weight is 312 g/mol. The van der Waals surface area contributed by atoms with Gasteiger partial charge in [0.1, 0.15) is 5.75 Å². The van der Waals surface area contributed by atoms with Crippen molar-refractivity contribution in [3.63, 3.8) is 0 Å². The molecule has 0 heterocycles. The largest absolute Gasteiger partial charge is 0.484 e. The van der Waals surface area contributed by atoms with Gasteiger partial charge in [0.25, 0.3) is 5.91 Å². The molecule has 21 heavy (non-hydrogen) atoms. The molecule has 5 nitrogen and oxygen atoms in total. The molecular weight excluding hydrogens is 294 g/mol. The van der Waals surface area contributed by atoms with Gasteiger partial charge in [-0.15, -0.1) is 0 Å². The van der Waals surface area contributed by atoms with E-state index in [2.05, 4.69) is 5.32 Å². The van der Waals surface area contributed by atoms with Gasteiger partial charge in [0.2, 0.25) is 0 Å². The lowest BCUT2D eigenvalue weighted by Crippen LogP contribution is -2.36. The van der Waals surface area contributed by atoms with Crippen molar-refractivity contribution in [2.75, 3.05) is 13.2 Å². The maximum absolute atomic E-state index is 11.7. The highest BCUT2D eigenvalue weighted by atomic mass is 35.5. The van der Waals surface area contributed by atoms with Gasteiger partial charge in [0.15, 0.2) is 6.61 Å². The molecule has 1 saturated carbocycles. The summed E-state index contributed by atoms with van der Waals surface area (Å²) in [5, 5.41) is 12.3. The maximum Gasteiger partial charge on any atom is 0.311 e. The number of hydrogen-bond acceptors (Lipinski definition) is 3. The number of hydrogen-bond donors (Lipinski definition) is 2. The Morgan fingerprint density at radius 2 is 1.90 bits per heavy atom. The zero-order valence-electron chi connectivity index (χ0n) is 12.0. The van der Waals surface area contributed by atoms with Gasteiger partial charge in [0.05, 0.1) is 5.41 Å². The lowest BCUT2D eigenvalue weighted by Gasteiger charge is -2.12. The second kappa shape index (κ2) is 5.93. The van der Waals surface area contributed by atoms with E-state index in [-0.39, 0.29) is 19.1 Å². The molecule has 0 spiro atoms. The number of carbonyl (C=O) groups excluding carboxylic acids is 1. The van der Waals surface area contributed by atoms with Gasteiger partial charge < -0.3 is 15.2 Å². The lowest BCUT2D eigenvalue weighted by atomic mass is 10.1. The Morgan fingerprint density at radius 1 is 1.33 bits per heavy atom. The van der Waals surface area contributed by atoms with Crippen LogP contribution in [0.15, 0.2) is 12.1 Å². The highest BCUT2D eigenvalue weighted by Gasteiger charge is 2.50. The summed E-state index contributed by atoms with van der Waals surface area (Å²) < 4.78 is 5.41. The quantitative estimate of drug-likeness (QED) is 0.845. The third-order valence-corrected chi connectivity index (χ3v) is 4.31. The van der Waals surface area contributed by atoms with E-state index in [1.807, 2.05) is 13.8 Å². The molecule has 1 fully saturated rings. The molecule has 114 valence electrons. The van der Waals surface area contributed by atoms with Gasteiger partial charge in [-0.2, -0.15) is 0 Å². The van der Waals surface area contributed by atoms with Crippen molar-refractivity contribution in [2.24, 2.45) is 5.41 Å². The summed E-state index contributed by atoms with van der Waals surface area (Å²) in [4.78, 5) is 22.7. The first-order chi connectivity index (χ1) is 9.84. The Labute approximate surface area is 128 Å². The molecule has 0 atom stereocenters. The third kappa shape index (κ3) is 3.67. The van der Waals surface area contributed by atoms with Crippen molar-refractivity contribution < 1.29 is 19.4 Å². The standard InChI is InChI=1S/C15H18ClNO4/c1-9-5-11(6-10(2)13(9)16)21-7-12(18)17-8-15(3-4-15)14(19)20/h5-6H,3-4,7-8H2,1-2H3,(H,17,18)(H,19,20). The van der Waals surface area contributed by atoms with E-state index in [0.29, 0.717) is 23.6 Å². The molecule has 0 radical (unpaired) electrons. The fourth-order valence-corrected chi connectivity index (χ4v) is 2.18. The maximum atomic E-state index is 11.7. The number of carboxylic acid groups (broad SMARTS) is 1. The Balaban J connectivity index is 1.83. The van der Waals surface area contributed by atoms with Crippen molar-refractivity contribution in [1.29, 1.82) is 0 Å². The number of aliphatic carboxylic acids is 1. The summed E-state index contributed by atoms with van der Waals surface area (Å²) in [5.41, 5.74) is 1.01. The first-order valence-corrected chi connectivity index (χ1v) is 7.11. The number of benzene rings is 1. The molecule has 0 aromatic heterocycles. The number of aryl methyl sites for hydroxylation is 2. The lowest BCUT2D eigenvalue weighted by molar-refractivity contribution is -0.143. The Morgan fingerprint density at radius 3 is 2.38 bits per heavy atom. The molecule has 1 aromatic rings. The monoisotopic (exact) mass is 311 g/mol. The predicted octanol–water partition coefficient (Wildman–Crippen LogP) is 2.32. The highest BCUT2D eigenvalue weighted by Crippen LogP contribution is 2.45. The van der Waals surface area contributed by atoms with Crippen LogP contribution in [0.1, 0.15) is 24.0 Å². The minimum Gasteiger partial charge on any atom is -0.484 e. The van der Waals surface area contributed by atoms with Gasteiger partial charge >= 0.3 is 5.97 Å². The molecule has 1 amide bonds. The van der Waals surface area contributed by atoms with Gasteiger partial charge in [-0.05, 0) is 49.9 Å². The van der Waals surface area contributed by atoms with Gasteiger partial charge in [-0.1, -0.05) is 11.6 Å². The summed E-state index contributed by atoms with van der Waals surface area (Å²) in [6, 6.07) is 3.53. The number of halogens is 1. The number of ether oxygens (including phenoxy) is 1. The smallest absolute Gasteiger partial charge is 0.311 e. The molecule has 0 unspecified atom stereocenters. The van der Waals surface area contributed by atoms with E-state index < -0.39 is 11.4 Å². The SMILES string of the molecule is Cc1cc(OCC(=O)NCC2(C(=O)O)CC2)cc(C)c1Cl. The van der Waals surface area contributed by atoms with Crippen LogP contribution >= 0.6 is 11.6 Å². The van der Waals surface area contributed by atoms with Crippen LogP contribution in [-0.2, 0) is 9.59 Å². The van der Waals surface area contributed by atoms with Crippen LogP contribution < -0.4 is 10.1 Å². The van der Waals surface area contributed by atoms with Gasteiger partial charge in [-0.3, -0.25) is 9.59 Å². The highest BCUT2D eigenvalue weighted by molar-refractivity contribution is 6.32. The molecule has 1 aliphatic rings. The second-order valence-electron chi connectivity index (χ2n) is 5.52. The Kier molecular flexibility index (Phi) is 4.42. The summed E-state index contributed by atoms with van der Waals surface area (Å²) in [5.74, 6) is -0.607. The second-order valence-corrected chi connectivity index (χ2v) is 5.90. The van der Waals surface area contributed by atoms with Gasteiger partial charge in [0, 0.05) is 11.6 Å². The molecule has 6 heteroatoms. The van der Waals surface area contributed by atoms with Crippen LogP contribution in [0.2, 0.25) is 5.02 Å². The van der Waals surface area contributed by atoms with Crippen LogP contribution in [0.4, 0.5) is 0 Å². The first kappa shape index (κ1) is 15.6. The normalized spacial score (nSPS) is 15.4. The number of amides is 1. The average Bonchev–Trinajstić information content (AvgIpc) is 3.21. The topological polar surface area (TPSA) is 75.6 Å². The molecule has 0 bridgehead atoms. The van der Waals surface area contributed by atoms with E-state index in [1.165, 1.54) is 0 Å². The molecule has 0 aliphatic heterocycles. The van der Waals surface area contributed by atoms with Crippen LogP contribution in [0, 0.1) is 19.3 Å². The summed E-state index contributed by atoms with van der Waals surface area (Å²) >= 11 is 6.06. The molecule has 1 aliphatic carbocycles. The summed E-state index contributed by atoms with van der Waals surface area (Å²) in [7, 11) is 0. The summed E-state index contributed by atoms with van der Waals surface area (Å²) in [6.07, 6.45) is 1.22. The molecular formula is C15H18ClNO4. The zero-order chi connectivity index (χ0) is 15.6. The van der Waals surface area contributed by atoms with E-state index in [4.69, 9.17) is 21.4 Å². The van der Waals surface area contributed by atoms with Crippen molar-refractivity contribution in [3.8, 4) is 5.75 Å². The van der Waals surface area contributed by atoms with Crippen LogP contribution in [0.5, 0.6) is 5.75 Å². The molecule has 2 rings (SSSR count). The molecule has 2 N–H and O–H groups in total.